The van der Waals surface area contributed by atoms with Crippen molar-refractivity contribution in [2.75, 3.05) is 6.61 Å². The minimum Gasteiger partial charge on any atom is -0.462 e. The maximum atomic E-state index is 13.1. The Morgan fingerprint density at radius 2 is 1.78 bits per heavy atom. The summed E-state index contributed by atoms with van der Waals surface area (Å²) >= 11 is 3.48. The van der Waals surface area contributed by atoms with Crippen molar-refractivity contribution in [2.45, 2.75) is 75.4 Å². The zero-order chi connectivity index (χ0) is 23.4. The summed E-state index contributed by atoms with van der Waals surface area (Å²) < 4.78 is 38.1. The van der Waals surface area contributed by atoms with E-state index in [-0.39, 0.29) is 28.6 Å². The van der Waals surface area contributed by atoms with E-state index in [0.29, 0.717) is 35.7 Å². The van der Waals surface area contributed by atoms with Gasteiger partial charge < -0.3 is 9.47 Å². The van der Waals surface area contributed by atoms with Crippen LogP contribution in [-0.2, 0) is 19.3 Å². The molecule has 2 bridgehead atoms. The van der Waals surface area contributed by atoms with Crippen molar-refractivity contribution in [2.24, 2.45) is 0 Å². The van der Waals surface area contributed by atoms with Crippen molar-refractivity contribution in [3.63, 3.8) is 0 Å². The van der Waals surface area contributed by atoms with E-state index >= 15 is 0 Å². The van der Waals surface area contributed by atoms with E-state index in [1.165, 1.54) is 4.57 Å². The Morgan fingerprint density at radius 3 is 2.34 bits per heavy atom. The van der Waals surface area contributed by atoms with Crippen LogP contribution in [0, 0.1) is 0 Å². The fraction of sp³-hybridized carbons (Fsp3) is 0.565. The Morgan fingerprint density at radius 1 is 1.16 bits per heavy atom. The Bertz CT molecular complexity index is 1170. The van der Waals surface area contributed by atoms with Gasteiger partial charge in [0.2, 0.25) is 0 Å². The molecule has 0 amide bonds. The zero-order valence-electron chi connectivity index (χ0n) is 18.7. The second kappa shape index (κ2) is 8.17. The van der Waals surface area contributed by atoms with E-state index in [4.69, 9.17) is 9.47 Å². The highest BCUT2D eigenvalue weighted by molar-refractivity contribution is 9.10. The fourth-order valence-electron chi connectivity index (χ4n) is 4.96. The van der Waals surface area contributed by atoms with E-state index in [9.17, 15) is 18.0 Å². The number of sulfone groups is 1. The molecule has 174 valence electrons. The summed E-state index contributed by atoms with van der Waals surface area (Å²) in [6.45, 7) is 7.28. The third-order valence-electron chi connectivity index (χ3n) is 6.25. The van der Waals surface area contributed by atoms with Gasteiger partial charge in [-0.25, -0.2) is 18.0 Å². The molecule has 0 radical (unpaired) electrons. The molecule has 2 fully saturated rings. The van der Waals surface area contributed by atoms with Gasteiger partial charge in [0.25, 0.3) is 0 Å². The molecule has 3 atom stereocenters. The second-order valence-corrected chi connectivity index (χ2v) is 13.0. The standard InChI is InChI=1S/C23H28BrNO6S/c1-5-30-21(26)18-11-14(24)10-17-19(12-25(20(17)18)22(27)31-23(2,3)4)13-8-15-6-7-16(9-13)32(15,28)29/h10-13,15-16H,5-9H2,1-4H3/t13-,15+,16-. The molecule has 2 aliphatic rings. The molecule has 1 aromatic carbocycles. The number of halogens is 1. The summed E-state index contributed by atoms with van der Waals surface area (Å²) in [7, 11) is -3.08. The molecule has 2 aromatic rings. The van der Waals surface area contributed by atoms with Gasteiger partial charge in [0.1, 0.15) is 5.60 Å². The molecule has 2 saturated heterocycles. The largest absolute Gasteiger partial charge is 0.462 e. The summed E-state index contributed by atoms with van der Waals surface area (Å²) in [5.41, 5.74) is 0.839. The monoisotopic (exact) mass is 525 g/mol. The number of fused-ring (bicyclic) bond motifs is 3. The van der Waals surface area contributed by atoms with Gasteiger partial charge >= 0.3 is 12.1 Å². The van der Waals surface area contributed by atoms with Crippen LogP contribution < -0.4 is 0 Å². The predicted molar refractivity (Wildman–Crippen MR) is 125 cm³/mol. The van der Waals surface area contributed by atoms with E-state index in [1.807, 2.05) is 6.07 Å². The molecule has 0 unspecified atom stereocenters. The lowest BCUT2D eigenvalue weighted by atomic mass is 9.90. The van der Waals surface area contributed by atoms with Crippen LogP contribution in [0.25, 0.3) is 10.9 Å². The Balaban J connectivity index is 1.89. The number of carbonyl (C=O) groups is 2. The highest BCUT2D eigenvalue weighted by Gasteiger charge is 2.47. The van der Waals surface area contributed by atoms with Crippen LogP contribution in [0.3, 0.4) is 0 Å². The third kappa shape index (κ3) is 4.09. The summed E-state index contributed by atoms with van der Waals surface area (Å²) in [6.07, 6.45) is 3.54. The molecule has 9 heteroatoms. The maximum absolute atomic E-state index is 13.1. The quantitative estimate of drug-likeness (QED) is 0.512. The van der Waals surface area contributed by atoms with Gasteiger partial charge in [-0.1, -0.05) is 15.9 Å². The summed E-state index contributed by atoms with van der Waals surface area (Å²) in [5.74, 6) is -0.550. The van der Waals surface area contributed by atoms with Crippen LogP contribution in [-0.4, -0.2) is 47.8 Å². The average Bonchev–Trinajstić information content (AvgIpc) is 3.06. The number of rotatable bonds is 3. The first kappa shape index (κ1) is 23.3. The minimum atomic E-state index is -3.08. The van der Waals surface area contributed by atoms with Crippen LogP contribution in [0.15, 0.2) is 22.8 Å². The van der Waals surface area contributed by atoms with Crippen molar-refractivity contribution < 1.29 is 27.5 Å². The summed E-state index contributed by atoms with van der Waals surface area (Å²) in [5, 5.41) is 0.0442. The lowest BCUT2D eigenvalue weighted by molar-refractivity contribution is 0.0527. The summed E-state index contributed by atoms with van der Waals surface area (Å²) in [6, 6.07) is 3.51. The van der Waals surface area contributed by atoms with Crippen molar-refractivity contribution in [1.82, 2.24) is 4.57 Å². The maximum Gasteiger partial charge on any atom is 0.419 e. The number of aromatic nitrogens is 1. The van der Waals surface area contributed by atoms with Gasteiger partial charge in [0, 0.05) is 16.1 Å². The third-order valence-corrected chi connectivity index (χ3v) is 9.43. The zero-order valence-corrected chi connectivity index (χ0v) is 21.1. The van der Waals surface area contributed by atoms with E-state index < -0.39 is 27.5 Å². The number of esters is 1. The normalized spacial score (nSPS) is 24.5. The highest BCUT2D eigenvalue weighted by Crippen LogP contribution is 2.47. The van der Waals surface area contributed by atoms with E-state index in [0.717, 1.165) is 10.9 Å². The van der Waals surface area contributed by atoms with E-state index in [2.05, 4.69) is 15.9 Å². The summed E-state index contributed by atoms with van der Waals surface area (Å²) in [4.78, 5) is 25.9. The van der Waals surface area contributed by atoms with Crippen LogP contribution in [0.2, 0.25) is 0 Å². The number of benzene rings is 1. The van der Waals surface area contributed by atoms with Gasteiger partial charge in [-0.2, -0.15) is 0 Å². The topological polar surface area (TPSA) is 91.7 Å². The molecule has 32 heavy (non-hydrogen) atoms. The number of hydrogen-bond donors (Lipinski definition) is 0. The first-order chi connectivity index (χ1) is 14.9. The van der Waals surface area contributed by atoms with E-state index in [1.54, 1.807) is 40.0 Å². The molecule has 0 aliphatic carbocycles. The molecule has 1 aromatic heterocycles. The second-order valence-electron chi connectivity index (χ2n) is 9.58. The van der Waals surface area contributed by atoms with Gasteiger partial charge in [0.15, 0.2) is 9.84 Å². The molecule has 7 nitrogen and oxygen atoms in total. The number of carbonyl (C=O) groups excluding carboxylic acids is 2. The molecular weight excluding hydrogens is 498 g/mol. The Labute approximate surface area is 196 Å². The van der Waals surface area contributed by atoms with Gasteiger partial charge in [0.05, 0.1) is 28.2 Å². The van der Waals surface area contributed by atoms with Crippen LogP contribution >= 0.6 is 15.9 Å². The Hall–Kier alpha value is -1.87. The van der Waals surface area contributed by atoms with Crippen LogP contribution in [0.5, 0.6) is 0 Å². The number of ether oxygens (including phenoxy) is 2. The van der Waals surface area contributed by atoms with Gasteiger partial charge in [-0.3, -0.25) is 4.57 Å². The predicted octanol–water partition coefficient (Wildman–Crippen LogP) is 5.19. The molecule has 0 spiro atoms. The molecular formula is C23H28BrNO6S. The smallest absolute Gasteiger partial charge is 0.419 e. The van der Waals surface area contributed by atoms with Crippen molar-refractivity contribution in [3.05, 3.63) is 33.9 Å². The number of hydrogen-bond acceptors (Lipinski definition) is 6. The van der Waals surface area contributed by atoms with Gasteiger partial charge in [-0.15, -0.1) is 0 Å². The lowest BCUT2D eigenvalue weighted by Gasteiger charge is -2.27. The molecule has 0 N–H and O–H groups in total. The molecule has 3 heterocycles. The molecule has 2 aliphatic heterocycles. The van der Waals surface area contributed by atoms with Gasteiger partial charge in [-0.05, 0) is 77.0 Å². The fourth-order valence-corrected chi connectivity index (χ4v) is 7.89. The SMILES string of the molecule is CCOC(=O)c1cc(Br)cc2c([C@H]3C[C@H]4CC[C@@H](C3)S4(=O)=O)cn(C(=O)OC(C)(C)C)c12. The first-order valence-electron chi connectivity index (χ1n) is 10.9. The van der Waals surface area contributed by atoms with Crippen molar-refractivity contribution >= 4 is 48.7 Å². The minimum absolute atomic E-state index is 0.0217. The Kier molecular flexibility index (Phi) is 5.94. The van der Waals surface area contributed by atoms with Crippen LogP contribution in [0.1, 0.15) is 75.2 Å². The van der Waals surface area contributed by atoms with Crippen molar-refractivity contribution in [3.8, 4) is 0 Å². The van der Waals surface area contributed by atoms with Crippen molar-refractivity contribution in [1.29, 1.82) is 0 Å². The highest BCUT2D eigenvalue weighted by atomic mass is 79.9. The van der Waals surface area contributed by atoms with Crippen LogP contribution in [0.4, 0.5) is 4.79 Å². The molecule has 0 saturated carbocycles. The lowest BCUT2D eigenvalue weighted by Crippen LogP contribution is -2.32. The molecule has 4 rings (SSSR count). The average molecular weight is 526 g/mol. The first-order valence-corrected chi connectivity index (χ1v) is 13.3. The number of nitrogens with zero attached hydrogens (tertiary/aromatic N) is 1.